The van der Waals surface area contributed by atoms with Crippen LogP contribution in [0.15, 0.2) is 29.6 Å². The van der Waals surface area contributed by atoms with E-state index < -0.39 is 0 Å². The number of aromatic nitrogens is 1. The van der Waals surface area contributed by atoms with Gasteiger partial charge in [0.25, 0.3) is 0 Å². The Bertz CT molecular complexity index is 676. The largest absolute Gasteiger partial charge is 0.332 e. The number of amides is 2. The molecule has 2 N–H and O–H groups in total. The number of carbonyl (C=O) groups is 1. The zero-order chi connectivity index (χ0) is 17.7. The van der Waals surface area contributed by atoms with Crippen LogP contribution in [0.4, 0.5) is 4.79 Å². The van der Waals surface area contributed by atoms with Crippen LogP contribution in [0.3, 0.4) is 0 Å². The van der Waals surface area contributed by atoms with Gasteiger partial charge in [0.15, 0.2) is 0 Å². The van der Waals surface area contributed by atoms with Crippen LogP contribution < -0.4 is 10.6 Å². The van der Waals surface area contributed by atoms with Gasteiger partial charge in [-0.2, -0.15) is 0 Å². The number of nitrogens with zero attached hydrogens (tertiary/aromatic N) is 1. The van der Waals surface area contributed by atoms with Gasteiger partial charge in [-0.15, -0.1) is 11.3 Å². The van der Waals surface area contributed by atoms with Gasteiger partial charge >= 0.3 is 6.03 Å². The molecule has 2 aromatic rings. The quantitative estimate of drug-likeness (QED) is 0.779. The van der Waals surface area contributed by atoms with Crippen LogP contribution in [-0.2, 0) is 12.0 Å². The van der Waals surface area contributed by atoms with Crippen molar-refractivity contribution in [2.45, 2.75) is 52.1 Å². The van der Waals surface area contributed by atoms with E-state index in [1.165, 1.54) is 0 Å². The van der Waals surface area contributed by atoms with Gasteiger partial charge in [-0.3, -0.25) is 0 Å². The standard InChI is InChI=1S/C18H24ClN3OS/c1-5-15(12-6-8-13(19)9-7-12)22-17(23)20-10-14-11-24-16(21-14)18(2,3)4/h6-9,11,15H,5,10H2,1-4H3,(H2,20,22,23). The average molecular weight is 366 g/mol. The maximum atomic E-state index is 12.2. The lowest BCUT2D eigenvalue weighted by Crippen LogP contribution is -2.37. The second kappa shape index (κ2) is 7.99. The first-order valence-electron chi connectivity index (χ1n) is 8.04. The number of halogens is 1. The van der Waals surface area contributed by atoms with E-state index in [0.29, 0.717) is 11.6 Å². The molecule has 0 bridgehead atoms. The number of nitrogens with one attached hydrogen (secondary N) is 2. The third-order valence-corrected chi connectivity index (χ3v) is 5.18. The van der Waals surface area contributed by atoms with Crippen molar-refractivity contribution in [3.63, 3.8) is 0 Å². The molecular weight excluding hydrogens is 342 g/mol. The molecule has 2 rings (SSSR count). The molecule has 6 heteroatoms. The van der Waals surface area contributed by atoms with Gasteiger partial charge < -0.3 is 10.6 Å². The zero-order valence-electron chi connectivity index (χ0n) is 14.5. The molecule has 130 valence electrons. The number of hydrogen-bond donors (Lipinski definition) is 2. The SMILES string of the molecule is CCC(NC(=O)NCc1csc(C(C)(C)C)n1)c1ccc(Cl)cc1. The third kappa shape index (κ3) is 5.21. The Morgan fingerprint density at radius 3 is 2.50 bits per heavy atom. The Labute approximate surface area is 152 Å². The molecule has 1 heterocycles. The summed E-state index contributed by atoms with van der Waals surface area (Å²) < 4.78 is 0. The Hall–Kier alpha value is -1.59. The molecule has 4 nitrogen and oxygen atoms in total. The molecule has 0 aliphatic rings. The lowest BCUT2D eigenvalue weighted by molar-refractivity contribution is 0.236. The summed E-state index contributed by atoms with van der Waals surface area (Å²) in [6, 6.07) is 7.31. The van der Waals surface area contributed by atoms with Crippen LogP contribution in [-0.4, -0.2) is 11.0 Å². The van der Waals surface area contributed by atoms with E-state index in [4.69, 9.17) is 11.6 Å². The van der Waals surface area contributed by atoms with Gasteiger partial charge in [-0.05, 0) is 24.1 Å². The molecule has 0 fully saturated rings. The van der Waals surface area contributed by atoms with Crippen LogP contribution in [0, 0.1) is 0 Å². The second-order valence-electron chi connectivity index (χ2n) is 6.73. The van der Waals surface area contributed by atoms with E-state index in [1.807, 2.05) is 36.6 Å². The van der Waals surface area contributed by atoms with Crippen molar-refractivity contribution in [1.29, 1.82) is 0 Å². The number of urea groups is 1. The summed E-state index contributed by atoms with van der Waals surface area (Å²) in [6.45, 7) is 8.86. The first-order chi connectivity index (χ1) is 11.3. The van der Waals surface area contributed by atoms with Gasteiger partial charge in [-0.25, -0.2) is 9.78 Å². The summed E-state index contributed by atoms with van der Waals surface area (Å²) in [5.41, 5.74) is 1.97. The van der Waals surface area contributed by atoms with Crippen LogP contribution in [0.25, 0.3) is 0 Å². The Kier molecular flexibility index (Phi) is 6.24. The highest BCUT2D eigenvalue weighted by Gasteiger charge is 2.18. The highest BCUT2D eigenvalue weighted by Crippen LogP contribution is 2.25. The molecule has 0 saturated heterocycles. The molecule has 0 aliphatic heterocycles. The van der Waals surface area contributed by atoms with Crippen LogP contribution in [0.2, 0.25) is 5.02 Å². The maximum Gasteiger partial charge on any atom is 0.315 e. The van der Waals surface area contributed by atoms with E-state index in [9.17, 15) is 4.79 Å². The molecule has 24 heavy (non-hydrogen) atoms. The summed E-state index contributed by atoms with van der Waals surface area (Å²) in [5, 5.41) is 9.63. The maximum absolute atomic E-state index is 12.2. The Morgan fingerprint density at radius 1 is 1.29 bits per heavy atom. The summed E-state index contributed by atoms with van der Waals surface area (Å²) in [6.07, 6.45) is 0.805. The molecular formula is C18H24ClN3OS. The van der Waals surface area contributed by atoms with E-state index >= 15 is 0 Å². The summed E-state index contributed by atoms with van der Waals surface area (Å²) in [4.78, 5) is 16.7. The Morgan fingerprint density at radius 2 is 1.96 bits per heavy atom. The molecule has 2 amide bonds. The Balaban J connectivity index is 1.90. The van der Waals surface area contributed by atoms with Crippen LogP contribution in [0.1, 0.15) is 56.4 Å². The van der Waals surface area contributed by atoms with Crippen molar-refractivity contribution >= 4 is 29.0 Å². The summed E-state index contributed by atoms with van der Waals surface area (Å²) >= 11 is 7.54. The molecule has 0 spiro atoms. The van der Waals surface area contributed by atoms with Gasteiger partial charge in [-0.1, -0.05) is 51.4 Å². The predicted octanol–water partition coefficient (Wildman–Crippen LogP) is 5.04. The molecule has 0 saturated carbocycles. The number of thiazole rings is 1. The van der Waals surface area contributed by atoms with Gasteiger partial charge in [0.1, 0.15) is 0 Å². The van der Waals surface area contributed by atoms with Gasteiger partial charge in [0.05, 0.1) is 23.3 Å². The fraction of sp³-hybridized carbons (Fsp3) is 0.444. The van der Waals surface area contributed by atoms with Gasteiger partial charge in [0.2, 0.25) is 0 Å². The fourth-order valence-electron chi connectivity index (χ4n) is 2.23. The van der Waals surface area contributed by atoms with E-state index in [-0.39, 0.29) is 17.5 Å². The highest BCUT2D eigenvalue weighted by atomic mass is 35.5. The summed E-state index contributed by atoms with van der Waals surface area (Å²) in [7, 11) is 0. The minimum Gasteiger partial charge on any atom is -0.332 e. The van der Waals surface area contributed by atoms with E-state index in [1.54, 1.807) is 11.3 Å². The van der Waals surface area contributed by atoms with Crippen molar-refractivity contribution < 1.29 is 4.79 Å². The molecule has 1 unspecified atom stereocenters. The number of rotatable bonds is 5. The molecule has 0 radical (unpaired) electrons. The van der Waals surface area contributed by atoms with Crippen LogP contribution >= 0.6 is 22.9 Å². The number of benzene rings is 1. The normalized spacial score (nSPS) is 12.7. The fourth-order valence-corrected chi connectivity index (χ4v) is 3.26. The van der Waals surface area contributed by atoms with Crippen molar-refractivity contribution in [3.05, 3.63) is 50.9 Å². The number of carbonyl (C=O) groups excluding carboxylic acids is 1. The highest BCUT2D eigenvalue weighted by molar-refractivity contribution is 7.09. The lowest BCUT2D eigenvalue weighted by atomic mass is 9.98. The first-order valence-corrected chi connectivity index (χ1v) is 9.30. The van der Waals surface area contributed by atoms with E-state index in [2.05, 4.69) is 36.4 Å². The lowest BCUT2D eigenvalue weighted by Gasteiger charge is -2.18. The average Bonchev–Trinajstić information content (AvgIpc) is 3.01. The van der Waals surface area contributed by atoms with Crippen molar-refractivity contribution in [2.24, 2.45) is 0 Å². The van der Waals surface area contributed by atoms with Gasteiger partial charge in [0, 0.05) is 15.8 Å². The minimum atomic E-state index is -0.192. The minimum absolute atomic E-state index is 0.0348. The van der Waals surface area contributed by atoms with Crippen molar-refractivity contribution in [3.8, 4) is 0 Å². The van der Waals surface area contributed by atoms with Crippen LogP contribution in [0.5, 0.6) is 0 Å². The first kappa shape index (κ1) is 18.7. The van der Waals surface area contributed by atoms with Crippen molar-refractivity contribution in [2.75, 3.05) is 0 Å². The van der Waals surface area contributed by atoms with E-state index in [0.717, 1.165) is 22.7 Å². The third-order valence-electron chi connectivity index (χ3n) is 3.61. The zero-order valence-corrected chi connectivity index (χ0v) is 16.1. The predicted molar refractivity (Wildman–Crippen MR) is 101 cm³/mol. The smallest absolute Gasteiger partial charge is 0.315 e. The van der Waals surface area contributed by atoms with Crippen molar-refractivity contribution in [1.82, 2.24) is 15.6 Å². The molecule has 0 aliphatic carbocycles. The molecule has 1 aromatic heterocycles. The summed E-state index contributed by atoms with van der Waals surface area (Å²) in [5.74, 6) is 0. The molecule has 1 atom stereocenters. The number of hydrogen-bond acceptors (Lipinski definition) is 3. The topological polar surface area (TPSA) is 54.0 Å². The second-order valence-corrected chi connectivity index (χ2v) is 8.03. The monoisotopic (exact) mass is 365 g/mol. The molecule has 1 aromatic carbocycles.